The maximum Gasteiger partial charge on any atom is 0.334 e. The van der Waals surface area contributed by atoms with Gasteiger partial charge < -0.3 is 28.1 Å². The second-order valence-corrected chi connectivity index (χ2v) is 11.0. The molecule has 0 aromatic heterocycles. The summed E-state index contributed by atoms with van der Waals surface area (Å²) in [6.45, 7) is 9.81. The molecular weight excluding hydrogens is 472 g/mol. The molecule has 1 aliphatic heterocycles. The highest BCUT2D eigenvalue weighted by Gasteiger charge is 2.22. The molecular formula is C21H39NO9P2. The van der Waals surface area contributed by atoms with Gasteiger partial charge in [0.15, 0.2) is 0 Å². The molecule has 0 atom stereocenters. The van der Waals surface area contributed by atoms with Crippen LogP contribution in [-0.4, -0.2) is 73.7 Å². The number of hydrogen-bond acceptors (Lipinski definition) is 8. The Hall–Kier alpha value is -1.28. The third-order valence-corrected chi connectivity index (χ3v) is 8.07. The van der Waals surface area contributed by atoms with Crippen LogP contribution >= 0.6 is 15.2 Å². The van der Waals surface area contributed by atoms with Crippen LogP contribution in [-0.2, 0) is 36.8 Å². The van der Waals surface area contributed by atoms with Gasteiger partial charge in [-0.25, -0.2) is 4.79 Å². The Labute approximate surface area is 197 Å². The number of hydrogen-bond donors (Lipinski definition) is 1. The lowest BCUT2D eigenvalue weighted by Gasteiger charge is -2.25. The van der Waals surface area contributed by atoms with Crippen molar-refractivity contribution in [3.8, 4) is 0 Å². The van der Waals surface area contributed by atoms with Gasteiger partial charge in [0, 0.05) is 19.2 Å². The molecule has 0 bridgehead atoms. The Morgan fingerprint density at radius 1 is 0.758 bits per heavy atom. The van der Waals surface area contributed by atoms with Crippen LogP contribution in [0.2, 0.25) is 0 Å². The molecule has 0 saturated carbocycles. The fraction of sp³-hybridized carbons (Fsp3) is 0.714. The third kappa shape index (κ3) is 15.3. The van der Waals surface area contributed by atoms with E-state index in [1.54, 1.807) is 33.8 Å². The van der Waals surface area contributed by atoms with Crippen molar-refractivity contribution in [3.05, 3.63) is 24.3 Å². The van der Waals surface area contributed by atoms with E-state index in [0.717, 1.165) is 32.0 Å². The van der Waals surface area contributed by atoms with Crippen LogP contribution in [0.5, 0.6) is 0 Å². The van der Waals surface area contributed by atoms with E-state index in [1.807, 2.05) is 4.90 Å². The summed E-state index contributed by atoms with van der Waals surface area (Å²) in [5.74, 6) is -1.09. The SMILES string of the molecule is CCOP(=O)(C/C=C/C(=O)N1CCCCC1)OCC.CCOP(=O)(C/C=C/C(=O)O)OCC. The minimum absolute atomic E-state index is 0.0129. The van der Waals surface area contributed by atoms with E-state index in [2.05, 4.69) is 0 Å². The van der Waals surface area contributed by atoms with Crippen LogP contribution in [0, 0.1) is 0 Å². The molecule has 1 rings (SSSR count). The number of amides is 1. The molecule has 1 aliphatic rings. The van der Waals surface area contributed by atoms with E-state index in [9.17, 15) is 18.7 Å². The maximum atomic E-state index is 12.2. The van der Waals surface area contributed by atoms with Crippen molar-refractivity contribution in [1.82, 2.24) is 4.90 Å². The summed E-state index contributed by atoms with van der Waals surface area (Å²) < 4.78 is 44.0. The maximum absolute atomic E-state index is 12.2. The number of likely N-dealkylation sites (tertiary alicyclic amines) is 1. The number of carboxylic acids is 1. The Balaban J connectivity index is 0.000000653. The predicted octanol–water partition coefficient (Wildman–Crippen LogP) is 4.71. The topological polar surface area (TPSA) is 129 Å². The number of nitrogens with zero attached hydrogens (tertiary/aromatic N) is 1. The van der Waals surface area contributed by atoms with Gasteiger partial charge in [0.25, 0.3) is 0 Å². The highest BCUT2D eigenvalue weighted by Crippen LogP contribution is 2.48. The van der Waals surface area contributed by atoms with Gasteiger partial charge in [-0.2, -0.15) is 0 Å². The fourth-order valence-corrected chi connectivity index (χ4v) is 5.73. The number of carboxylic acid groups (broad SMARTS) is 1. The molecule has 0 radical (unpaired) electrons. The van der Waals surface area contributed by atoms with Crippen molar-refractivity contribution in [2.75, 3.05) is 51.8 Å². The van der Waals surface area contributed by atoms with Gasteiger partial charge >= 0.3 is 21.2 Å². The Bertz CT molecular complexity index is 699. The highest BCUT2D eigenvalue weighted by atomic mass is 31.2. The smallest absolute Gasteiger partial charge is 0.334 e. The standard InChI is InChI=1S/C13H24NO4P.C8H15O5P/c1-3-17-19(16,18-4-2)12-8-9-13(15)14-10-6-5-7-11-14;1-3-12-14(11,13-4-2)7-5-6-8(9)10/h8-9H,3-7,10-12H2,1-2H3;5-6H,3-4,7H2,1-2H3,(H,9,10)/b9-8+;6-5+. The van der Waals surface area contributed by atoms with Crippen LogP contribution in [0.25, 0.3) is 0 Å². The second kappa shape index (κ2) is 18.1. The van der Waals surface area contributed by atoms with Crippen molar-refractivity contribution in [2.45, 2.75) is 47.0 Å². The van der Waals surface area contributed by atoms with E-state index in [4.69, 9.17) is 23.2 Å². The zero-order chi connectivity index (χ0) is 25.2. The summed E-state index contributed by atoms with van der Waals surface area (Å²) in [6, 6.07) is 0. The minimum Gasteiger partial charge on any atom is -0.478 e. The first-order valence-corrected chi connectivity index (χ1v) is 14.7. The Morgan fingerprint density at radius 3 is 1.52 bits per heavy atom. The van der Waals surface area contributed by atoms with Gasteiger partial charge in [0.1, 0.15) is 0 Å². The summed E-state index contributed by atoms with van der Waals surface area (Å²) in [5, 5.41) is 8.31. The largest absolute Gasteiger partial charge is 0.478 e. The van der Waals surface area contributed by atoms with Crippen LogP contribution in [0.4, 0.5) is 0 Å². The molecule has 12 heteroatoms. The van der Waals surface area contributed by atoms with E-state index >= 15 is 0 Å². The van der Waals surface area contributed by atoms with Crippen LogP contribution < -0.4 is 0 Å². The predicted molar refractivity (Wildman–Crippen MR) is 128 cm³/mol. The van der Waals surface area contributed by atoms with Crippen molar-refractivity contribution < 1.29 is 41.9 Å². The molecule has 0 aromatic carbocycles. The van der Waals surface area contributed by atoms with Crippen molar-refractivity contribution >= 4 is 27.1 Å². The van der Waals surface area contributed by atoms with E-state index in [0.29, 0.717) is 13.2 Å². The van der Waals surface area contributed by atoms with E-state index in [-0.39, 0.29) is 31.4 Å². The zero-order valence-electron chi connectivity index (χ0n) is 20.1. The van der Waals surface area contributed by atoms with Crippen LogP contribution in [0.1, 0.15) is 47.0 Å². The summed E-state index contributed by atoms with van der Waals surface area (Å²) in [6.07, 6.45) is 8.73. The second-order valence-electron chi connectivity index (χ2n) is 6.79. The molecule has 0 spiro atoms. The molecule has 0 unspecified atom stereocenters. The fourth-order valence-electron chi connectivity index (χ4n) is 2.86. The first-order valence-electron chi connectivity index (χ1n) is 11.3. The van der Waals surface area contributed by atoms with E-state index < -0.39 is 21.2 Å². The zero-order valence-corrected chi connectivity index (χ0v) is 21.9. The number of rotatable bonds is 14. The number of carbonyl (C=O) groups is 2. The number of piperidine rings is 1. The van der Waals surface area contributed by atoms with Gasteiger partial charge in [-0.15, -0.1) is 0 Å². The molecule has 0 aromatic rings. The summed E-state index contributed by atoms with van der Waals surface area (Å²) in [7, 11) is -6.20. The summed E-state index contributed by atoms with van der Waals surface area (Å²) >= 11 is 0. The number of aliphatic carboxylic acids is 1. The first-order chi connectivity index (χ1) is 15.6. The lowest BCUT2D eigenvalue weighted by molar-refractivity contribution is -0.131. The average molecular weight is 511 g/mol. The van der Waals surface area contributed by atoms with Gasteiger partial charge in [-0.05, 0) is 53.0 Å². The lowest BCUT2D eigenvalue weighted by Crippen LogP contribution is -2.34. The first kappa shape index (κ1) is 31.7. The van der Waals surface area contributed by atoms with Gasteiger partial charge in [0.2, 0.25) is 5.91 Å². The normalized spacial score (nSPS) is 15.0. The molecule has 1 fully saturated rings. The lowest BCUT2D eigenvalue weighted by atomic mass is 10.1. The van der Waals surface area contributed by atoms with Crippen molar-refractivity contribution in [2.24, 2.45) is 0 Å². The quantitative estimate of drug-likeness (QED) is 0.260. The monoisotopic (exact) mass is 511 g/mol. The third-order valence-electron chi connectivity index (χ3n) is 4.15. The van der Waals surface area contributed by atoms with Gasteiger partial charge in [-0.3, -0.25) is 13.9 Å². The van der Waals surface area contributed by atoms with Gasteiger partial charge in [0.05, 0.1) is 38.8 Å². The highest BCUT2D eigenvalue weighted by molar-refractivity contribution is 7.54. The van der Waals surface area contributed by atoms with E-state index in [1.165, 1.54) is 18.6 Å². The summed E-state index contributed by atoms with van der Waals surface area (Å²) in [4.78, 5) is 23.8. The molecule has 33 heavy (non-hydrogen) atoms. The van der Waals surface area contributed by atoms with Crippen LogP contribution in [0.15, 0.2) is 24.3 Å². The molecule has 0 aliphatic carbocycles. The molecule has 192 valence electrons. The molecule has 1 heterocycles. The molecule has 1 amide bonds. The Kier molecular flexibility index (Phi) is 17.4. The number of carbonyl (C=O) groups excluding carboxylic acids is 1. The van der Waals surface area contributed by atoms with Crippen molar-refractivity contribution in [1.29, 1.82) is 0 Å². The van der Waals surface area contributed by atoms with Gasteiger partial charge in [-0.1, -0.05) is 12.2 Å². The average Bonchev–Trinajstić information content (AvgIpc) is 2.75. The molecule has 10 nitrogen and oxygen atoms in total. The summed E-state index contributed by atoms with van der Waals surface area (Å²) in [5.41, 5.74) is 0. The Morgan fingerprint density at radius 2 is 1.15 bits per heavy atom. The van der Waals surface area contributed by atoms with Crippen molar-refractivity contribution in [3.63, 3.8) is 0 Å². The minimum atomic E-state index is -3.13. The van der Waals surface area contributed by atoms with Crippen LogP contribution in [0.3, 0.4) is 0 Å². The molecule has 1 saturated heterocycles. The molecule has 1 N–H and O–H groups in total. The number of allylic oxidation sites excluding steroid dienone is 2.